The van der Waals surface area contributed by atoms with Gasteiger partial charge in [-0.05, 0) is 12.1 Å². The first kappa shape index (κ1) is 12.7. The molecule has 0 amide bonds. The van der Waals surface area contributed by atoms with Crippen LogP contribution < -0.4 is 9.47 Å². The third kappa shape index (κ3) is 1.87. The highest BCUT2D eigenvalue weighted by Gasteiger charge is 2.19. The van der Waals surface area contributed by atoms with Gasteiger partial charge >= 0.3 is 0 Å². The monoisotopic (exact) mass is 295 g/mol. The number of nitriles is 1. The molecule has 0 atom stereocenters. The first-order chi connectivity index (χ1) is 10.8. The highest BCUT2D eigenvalue weighted by molar-refractivity contribution is 5.84. The Balaban J connectivity index is 1.98. The smallest absolute Gasteiger partial charge is 0.231 e. The van der Waals surface area contributed by atoms with Gasteiger partial charge in [-0.15, -0.1) is 0 Å². The van der Waals surface area contributed by atoms with Crippen LogP contribution in [0.25, 0.3) is 22.4 Å². The molecule has 0 unspecified atom stereocenters. The molecular weight excluding hydrogens is 285 g/mol. The Labute approximate surface area is 125 Å². The van der Waals surface area contributed by atoms with E-state index in [1.54, 1.807) is 28.8 Å². The largest absolute Gasteiger partial charge is 0.454 e. The van der Waals surface area contributed by atoms with Crippen molar-refractivity contribution in [1.29, 1.82) is 5.26 Å². The van der Waals surface area contributed by atoms with Gasteiger partial charge in [0.25, 0.3) is 0 Å². The summed E-state index contributed by atoms with van der Waals surface area (Å²) in [5, 5.41) is 9.09. The van der Waals surface area contributed by atoms with Crippen molar-refractivity contribution < 1.29 is 13.9 Å². The maximum Gasteiger partial charge on any atom is 0.231 e. The van der Waals surface area contributed by atoms with Crippen molar-refractivity contribution >= 4 is 11.0 Å². The fourth-order valence-electron chi connectivity index (χ4n) is 2.59. The molecule has 0 saturated carbocycles. The Morgan fingerprint density at radius 1 is 1.23 bits per heavy atom. The Kier molecular flexibility index (Phi) is 2.73. The molecule has 0 fully saturated rings. The molecule has 0 radical (unpaired) electrons. The van der Waals surface area contributed by atoms with E-state index in [0.29, 0.717) is 28.4 Å². The second-order valence-electron chi connectivity index (χ2n) is 4.88. The van der Waals surface area contributed by atoms with Crippen molar-refractivity contribution in [3.8, 4) is 29.0 Å². The van der Waals surface area contributed by atoms with Crippen molar-refractivity contribution in [3.05, 3.63) is 42.2 Å². The second kappa shape index (κ2) is 4.74. The van der Waals surface area contributed by atoms with Crippen LogP contribution in [0, 0.1) is 17.1 Å². The van der Waals surface area contributed by atoms with Gasteiger partial charge in [-0.25, -0.2) is 9.37 Å². The van der Waals surface area contributed by atoms with Crippen molar-refractivity contribution in [2.45, 2.75) is 6.54 Å². The van der Waals surface area contributed by atoms with Gasteiger partial charge in [0.1, 0.15) is 18.2 Å². The summed E-state index contributed by atoms with van der Waals surface area (Å²) in [6, 6.07) is 11.8. The van der Waals surface area contributed by atoms with E-state index in [4.69, 9.17) is 14.7 Å². The number of ether oxygens (including phenoxy) is 2. The summed E-state index contributed by atoms with van der Waals surface area (Å²) in [5.74, 6) is 1.44. The van der Waals surface area contributed by atoms with Gasteiger partial charge in [-0.2, -0.15) is 5.26 Å². The minimum absolute atomic E-state index is 0.113. The summed E-state index contributed by atoms with van der Waals surface area (Å²) < 4.78 is 25.9. The fourth-order valence-corrected chi connectivity index (χ4v) is 2.59. The molecule has 4 rings (SSSR count). The predicted octanol–water partition coefficient (Wildman–Crippen LogP) is 3.09. The summed E-state index contributed by atoms with van der Waals surface area (Å²) in [5.41, 5.74) is 2.05. The van der Waals surface area contributed by atoms with E-state index in [-0.39, 0.29) is 19.2 Å². The van der Waals surface area contributed by atoms with Crippen molar-refractivity contribution in [2.24, 2.45) is 0 Å². The maximum atomic E-state index is 13.5. The molecule has 5 nitrogen and oxygen atoms in total. The van der Waals surface area contributed by atoms with Crippen LogP contribution in [-0.2, 0) is 6.54 Å². The average Bonchev–Trinajstić information content (AvgIpc) is 3.10. The molecule has 0 aliphatic carbocycles. The molecule has 0 saturated heterocycles. The van der Waals surface area contributed by atoms with E-state index < -0.39 is 0 Å². The third-order valence-corrected chi connectivity index (χ3v) is 3.55. The van der Waals surface area contributed by atoms with E-state index in [0.717, 1.165) is 5.52 Å². The van der Waals surface area contributed by atoms with Gasteiger partial charge in [0.05, 0.1) is 17.1 Å². The lowest BCUT2D eigenvalue weighted by molar-refractivity contribution is 0.174. The van der Waals surface area contributed by atoms with E-state index in [1.807, 2.05) is 0 Å². The minimum atomic E-state index is -0.345. The summed E-state index contributed by atoms with van der Waals surface area (Å²) in [4.78, 5) is 4.53. The zero-order chi connectivity index (χ0) is 15.1. The third-order valence-electron chi connectivity index (χ3n) is 3.55. The molecular formula is C16H10FN3O2. The number of hydrogen-bond donors (Lipinski definition) is 0. The molecule has 2 heterocycles. The standard InChI is InChI=1S/C16H10FN3O2/c17-11-3-1-2-10(6-11)16-19-12-7-14-15(22-9-21-14)8-13(12)20(16)5-4-18/h1-3,6-8H,5,9H2. The van der Waals surface area contributed by atoms with E-state index in [2.05, 4.69) is 11.1 Å². The summed E-state index contributed by atoms with van der Waals surface area (Å²) in [7, 11) is 0. The van der Waals surface area contributed by atoms with Crippen molar-refractivity contribution in [1.82, 2.24) is 9.55 Å². The molecule has 1 aliphatic heterocycles. The SMILES string of the molecule is N#CCn1c(-c2cccc(F)c2)nc2cc3c(cc21)OCO3. The number of rotatable bonds is 2. The number of fused-ring (bicyclic) bond motifs is 2. The molecule has 108 valence electrons. The van der Waals surface area contributed by atoms with E-state index in [1.165, 1.54) is 12.1 Å². The molecule has 3 aromatic rings. The second-order valence-corrected chi connectivity index (χ2v) is 4.88. The van der Waals surface area contributed by atoms with E-state index in [9.17, 15) is 4.39 Å². The van der Waals surface area contributed by atoms with Gasteiger partial charge in [0, 0.05) is 17.7 Å². The number of benzene rings is 2. The van der Waals surface area contributed by atoms with Crippen LogP contribution in [0.4, 0.5) is 4.39 Å². The summed E-state index contributed by atoms with van der Waals surface area (Å²) >= 11 is 0. The Morgan fingerprint density at radius 3 is 2.82 bits per heavy atom. The number of hydrogen-bond acceptors (Lipinski definition) is 4. The number of halogens is 1. The normalized spacial score (nSPS) is 12.5. The molecule has 6 heteroatoms. The van der Waals surface area contributed by atoms with Crippen LogP contribution in [0.2, 0.25) is 0 Å². The lowest BCUT2D eigenvalue weighted by Crippen LogP contribution is -1.99. The molecule has 1 aliphatic rings. The van der Waals surface area contributed by atoms with Crippen molar-refractivity contribution in [3.63, 3.8) is 0 Å². The van der Waals surface area contributed by atoms with Gasteiger partial charge < -0.3 is 14.0 Å². The topological polar surface area (TPSA) is 60.1 Å². The van der Waals surface area contributed by atoms with Gasteiger partial charge in [0.15, 0.2) is 11.5 Å². The van der Waals surface area contributed by atoms with Crippen molar-refractivity contribution in [2.75, 3.05) is 6.79 Å². The maximum absolute atomic E-state index is 13.5. The molecule has 22 heavy (non-hydrogen) atoms. The molecule has 2 aromatic carbocycles. The predicted molar refractivity (Wildman–Crippen MR) is 76.9 cm³/mol. The fraction of sp³-hybridized carbons (Fsp3) is 0.125. The van der Waals surface area contributed by atoms with Crippen LogP contribution in [0.1, 0.15) is 0 Å². The van der Waals surface area contributed by atoms with Crippen LogP contribution in [-0.4, -0.2) is 16.3 Å². The quantitative estimate of drug-likeness (QED) is 0.729. The van der Waals surface area contributed by atoms with Crippen LogP contribution >= 0.6 is 0 Å². The highest BCUT2D eigenvalue weighted by Crippen LogP contribution is 2.37. The minimum Gasteiger partial charge on any atom is -0.454 e. The van der Waals surface area contributed by atoms with Crippen LogP contribution in [0.3, 0.4) is 0 Å². The highest BCUT2D eigenvalue weighted by atomic mass is 19.1. The zero-order valence-electron chi connectivity index (χ0n) is 11.4. The Morgan fingerprint density at radius 2 is 2.05 bits per heavy atom. The molecule has 0 spiro atoms. The number of aromatic nitrogens is 2. The van der Waals surface area contributed by atoms with Gasteiger partial charge in [-0.1, -0.05) is 12.1 Å². The lowest BCUT2D eigenvalue weighted by atomic mass is 10.2. The molecule has 1 aromatic heterocycles. The first-order valence-electron chi connectivity index (χ1n) is 6.69. The number of nitrogens with zero attached hydrogens (tertiary/aromatic N) is 3. The average molecular weight is 295 g/mol. The van der Waals surface area contributed by atoms with Crippen LogP contribution in [0.5, 0.6) is 11.5 Å². The lowest BCUT2D eigenvalue weighted by Gasteiger charge is -2.05. The van der Waals surface area contributed by atoms with Crippen LogP contribution in [0.15, 0.2) is 36.4 Å². The Bertz CT molecular complexity index is 927. The van der Waals surface area contributed by atoms with E-state index >= 15 is 0 Å². The Hall–Kier alpha value is -3.07. The molecule has 0 bridgehead atoms. The number of imidazole rings is 1. The summed E-state index contributed by atoms with van der Waals surface area (Å²) in [6.07, 6.45) is 0. The van der Waals surface area contributed by atoms with Gasteiger partial charge in [-0.3, -0.25) is 0 Å². The first-order valence-corrected chi connectivity index (χ1v) is 6.69. The zero-order valence-corrected chi connectivity index (χ0v) is 11.4. The summed E-state index contributed by atoms with van der Waals surface area (Å²) in [6.45, 7) is 0.291. The van der Waals surface area contributed by atoms with Gasteiger partial charge in [0.2, 0.25) is 6.79 Å². The molecule has 0 N–H and O–H groups in total.